The number of ether oxygens (including phenoxy) is 1. The Morgan fingerprint density at radius 2 is 1.87 bits per heavy atom. The zero-order valence-corrected chi connectivity index (χ0v) is 12.7. The van der Waals surface area contributed by atoms with E-state index in [0.717, 1.165) is 5.56 Å². The highest BCUT2D eigenvalue weighted by molar-refractivity contribution is 5.79. The molecular formula is C17H18N4O2. The quantitative estimate of drug-likeness (QED) is 0.849. The lowest BCUT2D eigenvalue weighted by molar-refractivity contribution is -0.153. The number of morpholine rings is 1. The van der Waals surface area contributed by atoms with E-state index in [-0.39, 0.29) is 24.7 Å². The van der Waals surface area contributed by atoms with Gasteiger partial charge in [-0.25, -0.2) is 9.97 Å². The van der Waals surface area contributed by atoms with E-state index in [4.69, 9.17) is 4.74 Å². The van der Waals surface area contributed by atoms with E-state index in [2.05, 4.69) is 14.9 Å². The Morgan fingerprint density at radius 1 is 1.09 bits per heavy atom. The van der Waals surface area contributed by atoms with Gasteiger partial charge in [0, 0.05) is 32.0 Å². The molecule has 23 heavy (non-hydrogen) atoms. The minimum Gasteiger partial charge on any atom is -0.364 e. The van der Waals surface area contributed by atoms with Gasteiger partial charge in [-0.05, 0) is 11.6 Å². The van der Waals surface area contributed by atoms with E-state index in [1.807, 2.05) is 35.2 Å². The van der Waals surface area contributed by atoms with E-state index in [1.165, 1.54) is 0 Å². The molecule has 2 atom stereocenters. The fourth-order valence-corrected chi connectivity index (χ4v) is 3.27. The standard InChI is InChI=1S/C17H18N4O2/c22-16-12-23-15-11-20(17-18-7-4-8-19-17)10-14(15)21(16)9-13-5-2-1-3-6-13/h1-8,14-15H,9-12H2/t14-,15+/m1/s1. The van der Waals surface area contributed by atoms with Crippen LogP contribution < -0.4 is 4.90 Å². The van der Waals surface area contributed by atoms with Crippen LogP contribution in [-0.4, -0.2) is 52.6 Å². The zero-order valence-electron chi connectivity index (χ0n) is 12.7. The molecule has 2 fully saturated rings. The summed E-state index contributed by atoms with van der Waals surface area (Å²) in [6.45, 7) is 2.19. The predicted octanol–water partition coefficient (Wildman–Crippen LogP) is 1.09. The summed E-state index contributed by atoms with van der Waals surface area (Å²) < 4.78 is 5.75. The van der Waals surface area contributed by atoms with Crippen LogP contribution in [0.25, 0.3) is 0 Å². The van der Waals surface area contributed by atoms with Crippen molar-refractivity contribution in [1.29, 1.82) is 0 Å². The summed E-state index contributed by atoms with van der Waals surface area (Å²) in [6.07, 6.45) is 3.48. The molecule has 0 radical (unpaired) electrons. The van der Waals surface area contributed by atoms with E-state index in [9.17, 15) is 4.79 Å². The SMILES string of the molecule is O=C1CO[C@H]2CN(c3ncccn3)C[C@H]2N1Cc1ccccc1. The highest BCUT2D eigenvalue weighted by Gasteiger charge is 2.43. The Morgan fingerprint density at radius 3 is 2.65 bits per heavy atom. The van der Waals surface area contributed by atoms with Crippen LogP contribution in [0.3, 0.4) is 0 Å². The number of rotatable bonds is 3. The lowest BCUT2D eigenvalue weighted by atomic mass is 10.1. The molecule has 6 nitrogen and oxygen atoms in total. The second-order valence-corrected chi connectivity index (χ2v) is 5.88. The number of amides is 1. The maximum Gasteiger partial charge on any atom is 0.249 e. The number of carbonyl (C=O) groups excluding carboxylic acids is 1. The van der Waals surface area contributed by atoms with Gasteiger partial charge in [0.15, 0.2) is 0 Å². The van der Waals surface area contributed by atoms with Crippen LogP contribution in [0.4, 0.5) is 5.95 Å². The Labute approximate surface area is 134 Å². The highest BCUT2D eigenvalue weighted by atomic mass is 16.5. The first kappa shape index (κ1) is 14.1. The first-order chi connectivity index (χ1) is 11.3. The molecule has 2 aliphatic rings. The molecule has 6 heteroatoms. The van der Waals surface area contributed by atoms with E-state index < -0.39 is 0 Å². The van der Waals surface area contributed by atoms with Crippen molar-refractivity contribution in [3.63, 3.8) is 0 Å². The Hall–Kier alpha value is -2.47. The summed E-state index contributed by atoms with van der Waals surface area (Å²) in [4.78, 5) is 25.0. The summed E-state index contributed by atoms with van der Waals surface area (Å²) >= 11 is 0. The third-order valence-electron chi connectivity index (χ3n) is 4.41. The van der Waals surface area contributed by atoms with Gasteiger partial charge in [-0.15, -0.1) is 0 Å². The molecule has 1 aromatic carbocycles. The van der Waals surface area contributed by atoms with Crippen LogP contribution >= 0.6 is 0 Å². The van der Waals surface area contributed by atoms with Crippen LogP contribution in [0.15, 0.2) is 48.8 Å². The zero-order chi connectivity index (χ0) is 15.6. The lowest BCUT2D eigenvalue weighted by Crippen LogP contribution is -2.53. The van der Waals surface area contributed by atoms with Crippen molar-refractivity contribution in [3.8, 4) is 0 Å². The largest absolute Gasteiger partial charge is 0.364 e. The van der Waals surface area contributed by atoms with E-state index in [0.29, 0.717) is 25.6 Å². The van der Waals surface area contributed by atoms with Crippen LogP contribution in [0.1, 0.15) is 5.56 Å². The molecule has 0 spiro atoms. The van der Waals surface area contributed by atoms with Crippen molar-refractivity contribution in [2.75, 3.05) is 24.6 Å². The number of hydrogen-bond acceptors (Lipinski definition) is 5. The third-order valence-corrected chi connectivity index (χ3v) is 4.41. The van der Waals surface area contributed by atoms with Gasteiger partial charge in [0.05, 0.1) is 12.1 Å². The molecule has 0 unspecified atom stereocenters. The second kappa shape index (κ2) is 5.96. The van der Waals surface area contributed by atoms with Crippen LogP contribution in [0.2, 0.25) is 0 Å². The van der Waals surface area contributed by atoms with Crippen LogP contribution in [0, 0.1) is 0 Å². The first-order valence-electron chi connectivity index (χ1n) is 7.78. The van der Waals surface area contributed by atoms with Gasteiger partial charge in [0.1, 0.15) is 6.61 Å². The highest BCUT2D eigenvalue weighted by Crippen LogP contribution is 2.27. The molecule has 3 heterocycles. The van der Waals surface area contributed by atoms with Crippen molar-refractivity contribution in [3.05, 3.63) is 54.4 Å². The Bertz CT molecular complexity index is 680. The fourth-order valence-electron chi connectivity index (χ4n) is 3.27. The summed E-state index contributed by atoms with van der Waals surface area (Å²) in [6, 6.07) is 11.9. The van der Waals surface area contributed by atoms with E-state index in [1.54, 1.807) is 18.5 Å². The van der Waals surface area contributed by atoms with Crippen molar-refractivity contribution >= 4 is 11.9 Å². The summed E-state index contributed by atoms with van der Waals surface area (Å²) in [5.74, 6) is 0.739. The van der Waals surface area contributed by atoms with Crippen molar-refractivity contribution in [1.82, 2.24) is 14.9 Å². The van der Waals surface area contributed by atoms with Crippen LogP contribution in [-0.2, 0) is 16.1 Å². The molecule has 0 aliphatic carbocycles. The fraction of sp³-hybridized carbons (Fsp3) is 0.353. The minimum atomic E-state index is 0.0141. The molecule has 4 rings (SSSR count). The van der Waals surface area contributed by atoms with Gasteiger partial charge < -0.3 is 14.5 Å². The van der Waals surface area contributed by atoms with Crippen molar-refractivity contribution in [2.24, 2.45) is 0 Å². The van der Waals surface area contributed by atoms with E-state index >= 15 is 0 Å². The van der Waals surface area contributed by atoms with Gasteiger partial charge in [0.2, 0.25) is 11.9 Å². The molecule has 118 valence electrons. The molecule has 2 aliphatic heterocycles. The molecule has 1 aromatic heterocycles. The first-order valence-corrected chi connectivity index (χ1v) is 7.78. The lowest BCUT2D eigenvalue weighted by Gasteiger charge is -2.36. The number of hydrogen-bond donors (Lipinski definition) is 0. The summed E-state index contributed by atoms with van der Waals surface area (Å²) in [5.41, 5.74) is 1.14. The topological polar surface area (TPSA) is 58.6 Å². The van der Waals surface area contributed by atoms with Gasteiger partial charge in [-0.3, -0.25) is 4.79 Å². The van der Waals surface area contributed by atoms with Crippen LogP contribution in [0.5, 0.6) is 0 Å². The number of anilines is 1. The maximum atomic E-state index is 12.3. The Kier molecular flexibility index (Phi) is 3.67. The smallest absolute Gasteiger partial charge is 0.249 e. The molecule has 2 saturated heterocycles. The van der Waals surface area contributed by atoms with Gasteiger partial charge in [-0.1, -0.05) is 30.3 Å². The monoisotopic (exact) mass is 310 g/mol. The summed E-state index contributed by atoms with van der Waals surface area (Å²) in [7, 11) is 0. The second-order valence-electron chi connectivity index (χ2n) is 5.88. The minimum absolute atomic E-state index is 0.0141. The molecule has 0 bridgehead atoms. The number of benzene rings is 1. The van der Waals surface area contributed by atoms with Gasteiger partial charge >= 0.3 is 0 Å². The van der Waals surface area contributed by atoms with Crippen molar-refractivity contribution < 1.29 is 9.53 Å². The molecule has 0 N–H and O–H groups in total. The molecular weight excluding hydrogens is 292 g/mol. The van der Waals surface area contributed by atoms with Gasteiger partial charge in [-0.2, -0.15) is 0 Å². The maximum absolute atomic E-state index is 12.3. The normalized spacial score (nSPS) is 23.9. The number of nitrogens with zero attached hydrogens (tertiary/aromatic N) is 4. The third kappa shape index (κ3) is 2.77. The predicted molar refractivity (Wildman–Crippen MR) is 84.8 cm³/mol. The summed E-state index contributed by atoms with van der Waals surface area (Å²) in [5, 5.41) is 0. The Balaban J connectivity index is 1.54. The number of fused-ring (bicyclic) bond motifs is 1. The average Bonchev–Trinajstić information content (AvgIpc) is 3.04. The molecule has 0 saturated carbocycles. The molecule has 1 amide bonds. The van der Waals surface area contributed by atoms with Gasteiger partial charge in [0.25, 0.3) is 0 Å². The average molecular weight is 310 g/mol. The van der Waals surface area contributed by atoms with Crippen molar-refractivity contribution in [2.45, 2.75) is 18.7 Å². The molecule has 2 aromatic rings. The number of carbonyl (C=O) groups is 1. The number of aromatic nitrogens is 2.